The van der Waals surface area contributed by atoms with E-state index in [1.807, 2.05) is 24.3 Å². The minimum absolute atomic E-state index is 0.167. The molecule has 26 heavy (non-hydrogen) atoms. The maximum atomic E-state index is 12.2. The molecule has 0 aromatic heterocycles. The van der Waals surface area contributed by atoms with E-state index in [0.29, 0.717) is 23.0 Å². The van der Waals surface area contributed by atoms with Gasteiger partial charge in [-0.2, -0.15) is 0 Å². The molecular weight excluding hydrogens is 332 g/mol. The molecule has 0 amide bonds. The third kappa shape index (κ3) is 4.45. The van der Waals surface area contributed by atoms with Gasteiger partial charge >= 0.3 is 0 Å². The highest BCUT2D eigenvalue weighted by atomic mass is 16.5. The van der Waals surface area contributed by atoms with Crippen molar-refractivity contribution in [3.05, 3.63) is 59.7 Å². The lowest BCUT2D eigenvalue weighted by Crippen LogP contribution is -1.94. The summed E-state index contributed by atoms with van der Waals surface area (Å²) in [5.74, 6) is 2.22. The van der Waals surface area contributed by atoms with Crippen molar-refractivity contribution in [2.24, 2.45) is 0 Å². The molecule has 0 atom stereocenters. The minimum Gasteiger partial charge on any atom is -0.493 e. The Morgan fingerprint density at radius 1 is 0.692 bits per heavy atom. The van der Waals surface area contributed by atoms with Gasteiger partial charge in [0.1, 0.15) is 0 Å². The van der Waals surface area contributed by atoms with Crippen molar-refractivity contribution in [1.82, 2.24) is 0 Å². The maximum absolute atomic E-state index is 12.2. The van der Waals surface area contributed by atoms with Crippen molar-refractivity contribution < 1.29 is 23.7 Å². The Morgan fingerprint density at radius 3 is 1.46 bits per heavy atom. The Hall–Kier alpha value is -3.21. The smallest absolute Gasteiger partial charge is 0.178 e. The summed E-state index contributed by atoms with van der Waals surface area (Å²) in [4.78, 5) is 12.2. The standard InChI is InChI=1S/C21H22O5/c1-23-18-9-5-7-15(20(18)25-3)11-13-17(22)14-12-16-8-6-10-19(24-2)21(16)26-4/h5-14H,1-4H3/b13-11+,14-12+. The summed E-state index contributed by atoms with van der Waals surface area (Å²) in [6.45, 7) is 0. The summed E-state index contributed by atoms with van der Waals surface area (Å²) < 4.78 is 21.2. The van der Waals surface area contributed by atoms with E-state index in [-0.39, 0.29) is 5.78 Å². The number of benzene rings is 2. The van der Waals surface area contributed by atoms with E-state index in [0.717, 1.165) is 11.1 Å². The lowest BCUT2D eigenvalue weighted by Gasteiger charge is -2.10. The molecule has 2 aromatic carbocycles. The van der Waals surface area contributed by atoms with E-state index in [2.05, 4.69) is 0 Å². The molecule has 2 aromatic rings. The SMILES string of the molecule is COc1cccc(/C=C/C(=O)/C=C/c2cccc(OC)c2OC)c1OC. The first-order valence-electron chi connectivity index (χ1n) is 7.96. The molecule has 0 aliphatic carbocycles. The first kappa shape index (κ1) is 19.1. The van der Waals surface area contributed by atoms with Crippen LogP contribution >= 0.6 is 0 Å². The van der Waals surface area contributed by atoms with Gasteiger partial charge in [0.05, 0.1) is 28.4 Å². The second kappa shape index (κ2) is 9.32. The number of rotatable bonds is 8. The molecule has 2 rings (SSSR count). The lowest BCUT2D eigenvalue weighted by atomic mass is 10.1. The Morgan fingerprint density at radius 2 is 1.12 bits per heavy atom. The average Bonchev–Trinajstić information content (AvgIpc) is 2.69. The fraction of sp³-hybridized carbons (Fsp3) is 0.190. The largest absolute Gasteiger partial charge is 0.493 e. The zero-order valence-corrected chi connectivity index (χ0v) is 15.3. The molecule has 0 N–H and O–H groups in total. The molecule has 0 heterocycles. The van der Waals surface area contributed by atoms with Gasteiger partial charge in [-0.25, -0.2) is 0 Å². The molecule has 136 valence electrons. The number of hydrogen-bond donors (Lipinski definition) is 0. The average molecular weight is 354 g/mol. The topological polar surface area (TPSA) is 54.0 Å². The number of hydrogen-bond acceptors (Lipinski definition) is 5. The van der Waals surface area contributed by atoms with Crippen molar-refractivity contribution in [3.63, 3.8) is 0 Å². The number of para-hydroxylation sites is 2. The summed E-state index contributed by atoms with van der Waals surface area (Å²) in [6.07, 6.45) is 6.33. The third-order valence-corrected chi connectivity index (χ3v) is 3.72. The van der Waals surface area contributed by atoms with Crippen LogP contribution in [0.25, 0.3) is 12.2 Å². The van der Waals surface area contributed by atoms with Crippen molar-refractivity contribution in [2.45, 2.75) is 0 Å². The predicted molar refractivity (Wildman–Crippen MR) is 102 cm³/mol. The van der Waals surface area contributed by atoms with Crippen LogP contribution in [-0.2, 0) is 4.79 Å². The molecule has 5 nitrogen and oxygen atoms in total. The van der Waals surface area contributed by atoms with Crippen molar-refractivity contribution in [1.29, 1.82) is 0 Å². The Balaban J connectivity index is 2.19. The van der Waals surface area contributed by atoms with Crippen LogP contribution in [0.15, 0.2) is 48.6 Å². The van der Waals surface area contributed by atoms with E-state index in [9.17, 15) is 4.79 Å². The summed E-state index contributed by atoms with van der Waals surface area (Å²) >= 11 is 0. The molecule has 0 unspecified atom stereocenters. The normalized spacial score (nSPS) is 10.9. The lowest BCUT2D eigenvalue weighted by molar-refractivity contribution is -0.110. The van der Waals surface area contributed by atoms with Crippen LogP contribution < -0.4 is 18.9 Å². The van der Waals surface area contributed by atoms with Crippen LogP contribution in [0, 0.1) is 0 Å². The van der Waals surface area contributed by atoms with Crippen LogP contribution in [0.5, 0.6) is 23.0 Å². The quantitative estimate of drug-likeness (QED) is 0.670. The molecule has 0 radical (unpaired) electrons. The van der Waals surface area contributed by atoms with Crippen LogP contribution in [0.4, 0.5) is 0 Å². The van der Waals surface area contributed by atoms with Crippen molar-refractivity contribution in [3.8, 4) is 23.0 Å². The van der Waals surface area contributed by atoms with E-state index < -0.39 is 0 Å². The van der Waals surface area contributed by atoms with Gasteiger partial charge < -0.3 is 18.9 Å². The van der Waals surface area contributed by atoms with Crippen LogP contribution in [0.1, 0.15) is 11.1 Å². The molecule has 0 aliphatic heterocycles. The predicted octanol–water partition coefficient (Wildman–Crippen LogP) is 4.02. The van der Waals surface area contributed by atoms with Crippen molar-refractivity contribution >= 4 is 17.9 Å². The number of methoxy groups -OCH3 is 4. The highest BCUT2D eigenvalue weighted by Gasteiger charge is 2.08. The van der Waals surface area contributed by atoms with Crippen LogP contribution in [0.2, 0.25) is 0 Å². The highest BCUT2D eigenvalue weighted by Crippen LogP contribution is 2.32. The van der Waals surface area contributed by atoms with E-state index >= 15 is 0 Å². The number of ketones is 1. The summed E-state index contributed by atoms with van der Waals surface area (Å²) in [6, 6.07) is 11.0. The molecule has 0 fully saturated rings. The van der Waals surface area contributed by atoms with Gasteiger partial charge in [-0.05, 0) is 36.4 Å². The van der Waals surface area contributed by atoms with Crippen molar-refractivity contribution in [2.75, 3.05) is 28.4 Å². The summed E-state index contributed by atoms with van der Waals surface area (Å²) in [5, 5.41) is 0. The summed E-state index contributed by atoms with van der Waals surface area (Å²) in [5.41, 5.74) is 1.51. The monoisotopic (exact) mass is 354 g/mol. The fourth-order valence-corrected chi connectivity index (χ4v) is 2.49. The van der Waals surface area contributed by atoms with Gasteiger partial charge in [0.15, 0.2) is 28.8 Å². The molecule has 0 spiro atoms. The molecule has 0 bridgehead atoms. The second-order valence-electron chi connectivity index (χ2n) is 5.23. The first-order chi connectivity index (χ1) is 12.6. The van der Waals surface area contributed by atoms with E-state index in [4.69, 9.17) is 18.9 Å². The number of carbonyl (C=O) groups is 1. The van der Waals surface area contributed by atoms with Gasteiger partial charge in [-0.15, -0.1) is 0 Å². The third-order valence-electron chi connectivity index (χ3n) is 3.72. The molecule has 0 aliphatic rings. The molecule has 0 saturated carbocycles. The first-order valence-corrected chi connectivity index (χ1v) is 7.96. The fourth-order valence-electron chi connectivity index (χ4n) is 2.49. The molecule has 5 heteroatoms. The van der Waals surface area contributed by atoms with Gasteiger partial charge in [-0.3, -0.25) is 4.79 Å². The minimum atomic E-state index is -0.167. The van der Waals surface area contributed by atoms with Gasteiger partial charge in [0, 0.05) is 11.1 Å². The number of carbonyl (C=O) groups excluding carboxylic acids is 1. The second-order valence-corrected chi connectivity index (χ2v) is 5.23. The zero-order chi connectivity index (χ0) is 18.9. The molecular formula is C21H22O5. The zero-order valence-electron chi connectivity index (χ0n) is 15.3. The molecule has 0 saturated heterocycles. The highest BCUT2D eigenvalue weighted by molar-refractivity contribution is 6.04. The Labute approximate surface area is 153 Å². The number of allylic oxidation sites excluding steroid dienone is 2. The van der Waals surface area contributed by atoms with Crippen LogP contribution in [0.3, 0.4) is 0 Å². The Bertz CT molecular complexity index is 754. The van der Waals surface area contributed by atoms with Gasteiger partial charge in [-0.1, -0.05) is 24.3 Å². The Kier molecular flexibility index (Phi) is 6.85. The van der Waals surface area contributed by atoms with Crippen LogP contribution in [-0.4, -0.2) is 34.2 Å². The number of ether oxygens (including phenoxy) is 4. The summed E-state index contributed by atoms with van der Waals surface area (Å²) in [7, 11) is 6.26. The van der Waals surface area contributed by atoms with Gasteiger partial charge in [0.25, 0.3) is 0 Å². The maximum Gasteiger partial charge on any atom is 0.178 e. The van der Waals surface area contributed by atoms with Gasteiger partial charge in [0.2, 0.25) is 0 Å². The van der Waals surface area contributed by atoms with E-state index in [1.165, 1.54) is 12.2 Å². The van der Waals surface area contributed by atoms with E-state index in [1.54, 1.807) is 52.7 Å².